The summed E-state index contributed by atoms with van der Waals surface area (Å²) in [5.74, 6) is 5.97. The Kier molecular flexibility index (Phi) is 14.3. The Morgan fingerprint density at radius 2 is 1.84 bits per heavy atom. The van der Waals surface area contributed by atoms with Crippen LogP contribution in [0.4, 0.5) is 5.69 Å². The molecule has 1 spiro atoms. The third kappa shape index (κ3) is 9.14. The van der Waals surface area contributed by atoms with Gasteiger partial charge in [0, 0.05) is 50.4 Å². The van der Waals surface area contributed by atoms with Gasteiger partial charge >= 0.3 is 0 Å². The molecule has 4 aliphatic carbocycles. The number of hydrogen-bond donors (Lipinski definition) is 6. The number of ketones is 1. The first-order chi connectivity index (χ1) is 29.5. The number of nitrogens with zero attached hydrogens (tertiary/aromatic N) is 1. The van der Waals surface area contributed by atoms with Gasteiger partial charge in [0.05, 0.1) is 12.8 Å². The summed E-state index contributed by atoms with van der Waals surface area (Å²) in [5.41, 5.74) is 1.04. The molecule has 7 rings (SSSR count). The molecule has 0 saturated heterocycles. The summed E-state index contributed by atoms with van der Waals surface area (Å²) in [6, 6.07) is 12.8. The lowest BCUT2D eigenvalue weighted by molar-refractivity contribution is -0.125. The number of fused-ring (bicyclic) bond motifs is 3. The Morgan fingerprint density at radius 3 is 2.61 bits per heavy atom. The molecule has 4 saturated carbocycles. The van der Waals surface area contributed by atoms with E-state index in [0.29, 0.717) is 67.2 Å². The second-order valence-corrected chi connectivity index (χ2v) is 18.8. The van der Waals surface area contributed by atoms with Crippen molar-refractivity contribution < 1.29 is 34.3 Å². The van der Waals surface area contributed by atoms with E-state index in [9.17, 15) is 15.3 Å². The third-order valence-electron chi connectivity index (χ3n) is 15.5. The van der Waals surface area contributed by atoms with Gasteiger partial charge in [-0.05, 0) is 149 Å². The average molecular weight is 839 g/mol. The van der Waals surface area contributed by atoms with Crippen LogP contribution < -0.4 is 25.4 Å². The lowest BCUT2D eigenvalue weighted by Crippen LogP contribution is -2.46. The minimum atomic E-state index is -0.835. The largest absolute Gasteiger partial charge is 0.504 e. The van der Waals surface area contributed by atoms with E-state index in [0.717, 1.165) is 94.6 Å². The van der Waals surface area contributed by atoms with Crippen molar-refractivity contribution in [3.63, 3.8) is 0 Å². The van der Waals surface area contributed by atoms with E-state index in [1.54, 1.807) is 20.2 Å². The summed E-state index contributed by atoms with van der Waals surface area (Å²) in [4.78, 5) is 19.8. The number of aromatic hydroxyl groups is 2. The van der Waals surface area contributed by atoms with Gasteiger partial charge < -0.3 is 40.2 Å². The third-order valence-corrected chi connectivity index (χ3v) is 15.5. The molecule has 332 valence electrons. The van der Waals surface area contributed by atoms with Crippen LogP contribution in [0.2, 0.25) is 0 Å². The van der Waals surface area contributed by atoms with E-state index < -0.39 is 17.3 Å². The zero-order valence-corrected chi connectivity index (χ0v) is 37.2. The second-order valence-electron chi connectivity index (χ2n) is 18.8. The summed E-state index contributed by atoms with van der Waals surface area (Å²) in [5, 5.41) is 43.0. The molecule has 61 heavy (non-hydrogen) atoms. The highest BCUT2D eigenvalue weighted by Gasteiger charge is 2.55. The molecule has 4 fully saturated rings. The van der Waals surface area contributed by atoms with Crippen LogP contribution >= 0.6 is 0 Å². The molecule has 0 aromatic heterocycles. The minimum Gasteiger partial charge on any atom is -0.504 e. The van der Waals surface area contributed by atoms with E-state index in [-0.39, 0.29) is 40.5 Å². The Labute approximate surface area is 363 Å². The number of ether oxygens (including phenoxy) is 3. The van der Waals surface area contributed by atoms with Gasteiger partial charge in [-0.15, -0.1) is 0 Å². The standard InChI is InChI=1S/C50H70N4O7/c1-6-7-11-35-16-17-37-13-9-23-50(37)38-28-40(46(58)43(29-38)61-48(32-51-2)24-21-34(30-48)27-45(57)60-5)54-47(52-3)53-25-10-14-36-12-8-22-49(36,44(56)20-18-39(35)50)31-33-15-19-41(55)42(26-33)59-4/h15,18-20,26,28-29,34-37,39,45,51,55,57-58H,6-9,11-14,16-17,21-24,27,30-32H2,1-5H3,(H2,52,53,54)/b20-18+/t34-,35+,36+,37-,39-,45-,48-,49-,50-/m1/s1. The molecule has 0 amide bonds. The van der Waals surface area contributed by atoms with Gasteiger partial charge in [-0.2, -0.15) is 0 Å². The van der Waals surface area contributed by atoms with Crippen LogP contribution in [0.5, 0.6) is 23.0 Å². The molecule has 5 aliphatic rings. The summed E-state index contributed by atoms with van der Waals surface area (Å²) in [6.45, 7) is 2.84. The summed E-state index contributed by atoms with van der Waals surface area (Å²) in [7, 11) is 6.70. The van der Waals surface area contributed by atoms with Crippen molar-refractivity contribution in [3.8, 4) is 35.0 Å². The van der Waals surface area contributed by atoms with Gasteiger partial charge in [-0.25, -0.2) is 0 Å². The van der Waals surface area contributed by atoms with E-state index in [2.05, 4.69) is 58.0 Å². The average Bonchev–Trinajstić information content (AvgIpc) is 4.00. The van der Waals surface area contributed by atoms with Crippen molar-refractivity contribution in [2.24, 2.45) is 40.0 Å². The highest BCUT2D eigenvalue weighted by molar-refractivity contribution is 5.97. The van der Waals surface area contributed by atoms with Gasteiger partial charge in [-0.1, -0.05) is 50.7 Å². The van der Waals surface area contributed by atoms with Crippen molar-refractivity contribution in [2.75, 3.05) is 40.2 Å². The van der Waals surface area contributed by atoms with Crippen LogP contribution in [0.1, 0.15) is 121 Å². The van der Waals surface area contributed by atoms with E-state index in [4.69, 9.17) is 14.2 Å². The quantitative estimate of drug-likeness (QED) is 0.0659. The molecule has 2 aromatic carbocycles. The first-order valence-corrected chi connectivity index (χ1v) is 23.0. The first-order valence-electron chi connectivity index (χ1n) is 23.0. The number of unbranched alkanes of at least 4 members (excludes halogenated alkanes) is 1. The number of nitrogens with one attached hydrogen (secondary N) is 3. The summed E-state index contributed by atoms with van der Waals surface area (Å²) < 4.78 is 17.9. The topological polar surface area (TPSA) is 154 Å². The summed E-state index contributed by atoms with van der Waals surface area (Å²) >= 11 is 0. The fraction of sp³-hybridized carbons (Fsp3) is 0.640. The molecule has 0 unspecified atom stereocenters. The summed E-state index contributed by atoms with van der Waals surface area (Å²) in [6.07, 6.45) is 18.7. The Morgan fingerprint density at radius 1 is 1.02 bits per heavy atom. The maximum absolute atomic E-state index is 15.3. The van der Waals surface area contributed by atoms with Gasteiger partial charge in [0.25, 0.3) is 0 Å². The maximum Gasteiger partial charge on any atom is 0.207 e. The van der Waals surface area contributed by atoms with E-state index >= 15 is 4.79 Å². The molecule has 0 radical (unpaired) electrons. The van der Waals surface area contributed by atoms with Crippen LogP contribution in [-0.2, 0) is 21.4 Å². The predicted octanol–water partition coefficient (Wildman–Crippen LogP) is 8.36. The number of benzene rings is 2. The lowest BCUT2D eigenvalue weighted by Gasteiger charge is -2.50. The van der Waals surface area contributed by atoms with Gasteiger partial charge in [0.15, 0.2) is 35.1 Å². The number of carbonyl (C=O) groups excluding carboxylic acids is 1. The fourth-order valence-electron chi connectivity index (χ4n) is 12.5. The van der Waals surface area contributed by atoms with Crippen LogP contribution in [0.25, 0.3) is 0 Å². The van der Waals surface area contributed by atoms with Crippen molar-refractivity contribution in [2.45, 2.75) is 133 Å². The number of aliphatic hydroxyl groups is 1. The number of aliphatic imine (C=N–C) groups is 1. The number of rotatable bonds is 13. The zero-order chi connectivity index (χ0) is 43.2. The van der Waals surface area contributed by atoms with Crippen LogP contribution in [0, 0.1) is 47.0 Å². The molecule has 2 bridgehead atoms. The number of carbonyl (C=O) groups is 1. The van der Waals surface area contributed by atoms with Gasteiger partial charge in [0.1, 0.15) is 5.60 Å². The number of hydrogen-bond acceptors (Lipinski definition) is 9. The number of likely N-dealkylation sites (N-methyl/N-ethyl adjacent to an activating group) is 1. The van der Waals surface area contributed by atoms with Crippen LogP contribution in [0.3, 0.4) is 0 Å². The Balaban J connectivity index is 1.37. The van der Waals surface area contributed by atoms with E-state index in [1.165, 1.54) is 7.11 Å². The zero-order valence-electron chi connectivity index (χ0n) is 37.2. The highest BCUT2D eigenvalue weighted by atomic mass is 16.6. The number of allylic oxidation sites excluding steroid dienone is 2. The number of phenols is 2. The SMILES string of the molecule is CCCC[C@H]1CC[C@H]2CCC[C@]23c2cc(c(O)c(O[C@]4(CNC)CC[C@H](C[C@H](O)OC)C4)c2)NC(=NC)NC#CC[C@@H]2CCC[C@]2(Cc2ccc(O)c(OC)c2)C(=O)/C=C/[C@H]13. The van der Waals surface area contributed by atoms with Crippen molar-refractivity contribution in [1.82, 2.24) is 10.6 Å². The second kappa shape index (κ2) is 19.4. The molecular formula is C50H70N4O7. The Hall–Kier alpha value is -4.24. The maximum atomic E-state index is 15.3. The van der Waals surface area contributed by atoms with Crippen molar-refractivity contribution in [1.29, 1.82) is 0 Å². The van der Waals surface area contributed by atoms with Gasteiger partial charge in [0.2, 0.25) is 5.96 Å². The van der Waals surface area contributed by atoms with Crippen molar-refractivity contribution in [3.05, 3.63) is 53.6 Å². The molecular weight excluding hydrogens is 769 g/mol. The highest BCUT2D eigenvalue weighted by Crippen LogP contribution is 2.61. The molecule has 6 N–H and O–H groups in total. The molecule has 1 aliphatic heterocycles. The molecule has 11 heteroatoms. The molecule has 2 aromatic rings. The fourth-order valence-corrected chi connectivity index (χ4v) is 12.5. The number of anilines is 1. The smallest absolute Gasteiger partial charge is 0.207 e. The van der Waals surface area contributed by atoms with E-state index in [1.807, 2.05) is 25.3 Å². The number of guanidine groups is 1. The number of methoxy groups -OCH3 is 2. The first kappa shape index (κ1) is 44.8. The molecule has 1 heterocycles. The van der Waals surface area contributed by atoms with Gasteiger partial charge in [-0.3, -0.25) is 15.1 Å². The monoisotopic (exact) mass is 839 g/mol. The van der Waals surface area contributed by atoms with Crippen molar-refractivity contribution >= 4 is 17.4 Å². The number of aliphatic hydroxyl groups excluding tert-OH is 1. The minimum absolute atomic E-state index is 0.0183. The predicted molar refractivity (Wildman–Crippen MR) is 240 cm³/mol. The Bertz CT molecular complexity index is 1990. The van der Waals surface area contributed by atoms with Crippen LogP contribution in [0.15, 0.2) is 47.5 Å². The number of phenolic OH excluding ortho intramolecular Hbond substituents is 2. The molecule has 11 nitrogen and oxygen atoms in total. The lowest BCUT2D eigenvalue weighted by atomic mass is 9.54. The van der Waals surface area contributed by atoms with Crippen LogP contribution in [-0.4, -0.2) is 73.8 Å². The molecule has 9 atom stereocenters. The normalized spacial score (nSPS) is 32.7.